The molecule has 0 aromatic heterocycles. The first-order valence-electron chi connectivity index (χ1n) is 9.04. The van der Waals surface area contributed by atoms with Gasteiger partial charge in [-0.25, -0.2) is 0 Å². The molecule has 7 nitrogen and oxygen atoms in total. The number of hydrogen-bond donors (Lipinski definition) is 1. The van der Waals surface area contributed by atoms with E-state index in [0.717, 1.165) is 32.6 Å². The number of nitrogens with one attached hydrogen (secondary N) is 1. The summed E-state index contributed by atoms with van der Waals surface area (Å²) in [7, 11) is 4.12. The highest BCUT2D eigenvalue weighted by Gasteiger charge is 2.34. The SMILES string of the molecule is CC(Oc1ccc2c(c1)OCO2)C(=O)NCC1(CN(C)C)CCOCC1. The van der Waals surface area contributed by atoms with Crippen molar-refractivity contribution in [1.29, 1.82) is 0 Å². The Balaban J connectivity index is 1.54. The van der Waals surface area contributed by atoms with Crippen molar-refractivity contribution in [3.8, 4) is 17.2 Å². The Morgan fingerprint density at radius 2 is 2.00 bits per heavy atom. The molecule has 144 valence electrons. The van der Waals surface area contributed by atoms with Crippen LogP contribution in [0.25, 0.3) is 0 Å². The summed E-state index contributed by atoms with van der Waals surface area (Å²) in [5.41, 5.74) is 0.0515. The topological polar surface area (TPSA) is 69.3 Å². The first kappa shape index (κ1) is 18.8. The fraction of sp³-hybridized carbons (Fsp3) is 0.632. The first-order chi connectivity index (χ1) is 12.5. The van der Waals surface area contributed by atoms with E-state index in [0.29, 0.717) is 23.8 Å². The highest BCUT2D eigenvalue weighted by atomic mass is 16.7. The monoisotopic (exact) mass is 364 g/mol. The van der Waals surface area contributed by atoms with Gasteiger partial charge in [-0.05, 0) is 46.0 Å². The van der Waals surface area contributed by atoms with Crippen molar-refractivity contribution in [2.75, 3.05) is 47.2 Å². The number of nitrogens with zero attached hydrogens (tertiary/aromatic N) is 1. The molecule has 0 bridgehead atoms. The van der Waals surface area contributed by atoms with Gasteiger partial charge < -0.3 is 29.2 Å². The molecule has 0 aliphatic carbocycles. The van der Waals surface area contributed by atoms with Gasteiger partial charge >= 0.3 is 0 Å². The molecule has 0 radical (unpaired) electrons. The van der Waals surface area contributed by atoms with Crippen molar-refractivity contribution < 1.29 is 23.7 Å². The van der Waals surface area contributed by atoms with Gasteiger partial charge in [0, 0.05) is 37.8 Å². The average Bonchev–Trinajstić information content (AvgIpc) is 3.07. The largest absolute Gasteiger partial charge is 0.481 e. The van der Waals surface area contributed by atoms with Gasteiger partial charge in [-0.15, -0.1) is 0 Å². The maximum Gasteiger partial charge on any atom is 0.260 e. The first-order valence-corrected chi connectivity index (χ1v) is 9.04. The summed E-state index contributed by atoms with van der Waals surface area (Å²) in [6.45, 7) is 5.01. The molecule has 3 rings (SSSR count). The van der Waals surface area contributed by atoms with Crippen molar-refractivity contribution in [3.63, 3.8) is 0 Å². The molecule has 2 heterocycles. The van der Waals surface area contributed by atoms with E-state index in [2.05, 4.69) is 24.3 Å². The van der Waals surface area contributed by atoms with Crippen LogP contribution in [0.2, 0.25) is 0 Å². The lowest BCUT2D eigenvalue weighted by Gasteiger charge is -2.39. The molecule has 1 aromatic carbocycles. The maximum atomic E-state index is 12.5. The third-order valence-electron chi connectivity index (χ3n) is 4.87. The van der Waals surface area contributed by atoms with Crippen molar-refractivity contribution in [2.24, 2.45) is 5.41 Å². The minimum atomic E-state index is -0.591. The van der Waals surface area contributed by atoms with Gasteiger partial charge in [-0.3, -0.25) is 4.79 Å². The fourth-order valence-corrected chi connectivity index (χ4v) is 3.49. The molecule has 1 amide bonds. The van der Waals surface area contributed by atoms with E-state index in [4.69, 9.17) is 18.9 Å². The molecule has 0 saturated carbocycles. The predicted octanol–water partition coefficient (Wildman–Crippen LogP) is 1.66. The van der Waals surface area contributed by atoms with E-state index >= 15 is 0 Å². The molecule has 7 heteroatoms. The Kier molecular flexibility index (Phi) is 5.88. The summed E-state index contributed by atoms with van der Waals surface area (Å²) in [4.78, 5) is 14.7. The molecule has 2 aliphatic rings. The van der Waals surface area contributed by atoms with Crippen molar-refractivity contribution in [1.82, 2.24) is 10.2 Å². The van der Waals surface area contributed by atoms with Crippen molar-refractivity contribution >= 4 is 5.91 Å². The Morgan fingerprint density at radius 1 is 1.27 bits per heavy atom. The molecule has 1 saturated heterocycles. The molecule has 1 atom stereocenters. The van der Waals surface area contributed by atoms with Crippen molar-refractivity contribution in [2.45, 2.75) is 25.9 Å². The van der Waals surface area contributed by atoms with E-state index in [1.807, 2.05) is 0 Å². The second-order valence-electron chi connectivity index (χ2n) is 7.34. The van der Waals surface area contributed by atoms with Crippen LogP contribution in [0.4, 0.5) is 0 Å². The van der Waals surface area contributed by atoms with Crippen LogP contribution in [-0.4, -0.2) is 64.1 Å². The number of rotatable bonds is 7. The van der Waals surface area contributed by atoms with Gasteiger partial charge in [0.1, 0.15) is 5.75 Å². The van der Waals surface area contributed by atoms with Crippen molar-refractivity contribution in [3.05, 3.63) is 18.2 Å². The number of ether oxygens (including phenoxy) is 4. The summed E-state index contributed by atoms with van der Waals surface area (Å²) >= 11 is 0. The summed E-state index contributed by atoms with van der Waals surface area (Å²) in [6.07, 6.45) is 1.30. The van der Waals surface area contributed by atoms with Crippen LogP contribution in [0.15, 0.2) is 18.2 Å². The Morgan fingerprint density at radius 3 is 2.73 bits per heavy atom. The zero-order valence-corrected chi connectivity index (χ0v) is 15.7. The van der Waals surface area contributed by atoms with E-state index in [-0.39, 0.29) is 18.1 Å². The van der Waals surface area contributed by atoms with Gasteiger partial charge in [0.15, 0.2) is 17.6 Å². The van der Waals surface area contributed by atoms with Crippen LogP contribution in [0.1, 0.15) is 19.8 Å². The fourth-order valence-electron chi connectivity index (χ4n) is 3.49. The third kappa shape index (κ3) is 4.59. The van der Waals surface area contributed by atoms with Gasteiger partial charge in [0.2, 0.25) is 6.79 Å². The summed E-state index contributed by atoms with van der Waals surface area (Å²) in [5.74, 6) is 1.81. The van der Waals surface area contributed by atoms with Crippen LogP contribution in [-0.2, 0) is 9.53 Å². The summed E-state index contributed by atoms with van der Waals surface area (Å²) in [6, 6.07) is 5.32. The number of hydrogen-bond acceptors (Lipinski definition) is 6. The predicted molar refractivity (Wildman–Crippen MR) is 96.7 cm³/mol. The quantitative estimate of drug-likeness (QED) is 0.794. The maximum absolute atomic E-state index is 12.5. The molecular formula is C19H28N2O5. The highest BCUT2D eigenvalue weighted by Crippen LogP contribution is 2.35. The average molecular weight is 364 g/mol. The van der Waals surface area contributed by atoms with Gasteiger partial charge in [0.05, 0.1) is 0 Å². The van der Waals surface area contributed by atoms with E-state index in [1.54, 1.807) is 25.1 Å². The smallest absolute Gasteiger partial charge is 0.260 e. The molecular weight excluding hydrogens is 336 g/mol. The number of benzene rings is 1. The summed E-state index contributed by atoms with van der Waals surface area (Å²) < 4.78 is 21.9. The Labute approximate surface area is 154 Å². The number of amides is 1. The lowest BCUT2D eigenvalue weighted by molar-refractivity contribution is -0.128. The normalized spacial score (nSPS) is 19.2. The zero-order chi connectivity index (χ0) is 18.6. The van der Waals surface area contributed by atoms with E-state index < -0.39 is 6.10 Å². The number of carbonyl (C=O) groups is 1. The molecule has 1 N–H and O–H groups in total. The van der Waals surface area contributed by atoms with E-state index in [9.17, 15) is 4.79 Å². The van der Waals surface area contributed by atoms with Crippen LogP contribution >= 0.6 is 0 Å². The van der Waals surface area contributed by atoms with Gasteiger partial charge in [-0.1, -0.05) is 0 Å². The van der Waals surface area contributed by atoms with Crippen LogP contribution < -0.4 is 19.5 Å². The zero-order valence-electron chi connectivity index (χ0n) is 15.7. The lowest BCUT2D eigenvalue weighted by atomic mass is 9.79. The Bertz CT molecular complexity index is 628. The van der Waals surface area contributed by atoms with Crippen LogP contribution in [0.5, 0.6) is 17.2 Å². The molecule has 1 fully saturated rings. The molecule has 1 aromatic rings. The minimum absolute atomic E-state index is 0.0515. The summed E-state index contributed by atoms with van der Waals surface area (Å²) in [5, 5.41) is 3.07. The number of fused-ring (bicyclic) bond motifs is 1. The third-order valence-corrected chi connectivity index (χ3v) is 4.87. The van der Waals surface area contributed by atoms with Gasteiger partial charge in [0.25, 0.3) is 5.91 Å². The molecule has 26 heavy (non-hydrogen) atoms. The standard InChI is InChI=1S/C19H28N2O5/c1-14(26-15-4-5-16-17(10-15)25-13-24-16)18(22)20-11-19(12-21(2)3)6-8-23-9-7-19/h4-5,10,14H,6-9,11-13H2,1-3H3,(H,20,22). The van der Waals surface area contributed by atoms with Crippen LogP contribution in [0, 0.1) is 5.41 Å². The molecule has 1 unspecified atom stereocenters. The molecule has 0 spiro atoms. The van der Waals surface area contributed by atoms with E-state index in [1.165, 1.54) is 0 Å². The second kappa shape index (κ2) is 8.14. The lowest BCUT2D eigenvalue weighted by Crippen LogP contribution is -2.49. The minimum Gasteiger partial charge on any atom is -0.481 e. The van der Waals surface area contributed by atoms with Crippen LogP contribution in [0.3, 0.4) is 0 Å². The van der Waals surface area contributed by atoms with Gasteiger partial charge in [-0.2, -0.15) is 0 Å². The molecule has 2 aliphatic heterocycles. The number of carbonyl (C=O) groups excluding carboxylic acids is 1. The Hall–Kier alpha value is -1.99. The second-order valence-corrected chi connectivity index (χ2v) is 7.34. The highest BCUT2D eigenvalue weighted by molar-refractivity contribution is 5.80.